The fourth-order valence-corrected chi connectivity index (χ4v) is 3.10. The lowest BCUT2D eigenvalue weighted by Gasteiger charge is -2.00. The lowest BCUT2D eigenvalue weighted by molar-refractivity contribution is 0.416. The van der Waals surface area contributed by atoms with Crippen LogP contribution in [0.15, 0.2) is 72.8 Å². The number of rotatable bonds is 4. The van der Waals surface area contributed by atoms with Crippen molar-refractivity contribution >= 4 is 54.7 Å². The van der Waals surface area contributed by atoms with E-state index in [1.165, 1.54) is 12.1 Å². The Bertz CT molecular complexity index is 793. The molecule has 0 bridgehead atoms. The van der Waals surface area contributed by atoms with Crippen LogP contribution >= 0.6 is 54.7 Å². The smallest absolute Gasteiger partial charge is 0.221 e. The van der Waals surface area contributed by atoms with Gasteiger partial charge in [-0.05, 0) is 24.3 Å². The van der Waals surface area contributed by atoms with Crippen LogP contribution in [0.3, 0.4) is 0 Å². The maximum absolute atomic E-state index is 11.8. The molecule has 0 aliphatic carbocycles. The molecular formula is C18H12Cl4O3P+. The summed E-state index contributed by atoms with van der Waals surface area (Å²) >= 11 is 23.5. The summed E-state index contributed by atoms with van der Waals surface area (Å²) in [6.45, 7) is 0. The molecule has 0 atom stereocenters. The summed E-state index contributed by atoms with van der Waals surface area (Å²) < 4.78 is 22.0. The highest BCUT2D eigenvalue weighted by atomic mass is 35.5. The van der Waals surface area contributed by atoms with Crippen LogP contribution in [0.4, 0.5) is 0 Å². The predicted octanol–water partition coefficient (Wildman–Crippen LogP) is 8.10. The molecule has 0 radical (unpaired) electrons. The van der Waals surface area contributed by atoms with Crippen molar-refractivity contribution in [1.82, 2.24) is 0 Å². The molecule has 0 heterocycles. The molecule has 3 aromatic carbocycles. The van der Waals surface area contributed by atoms with Gasteiger partial charge in [-0.1, -0.05) is 94.9 Å². The van der Waals surface area contributed by atoms with Gasteiger partial charge in [0.05, 0.1) is 10.0 Å². The van der Waals surface area contributed by atoms with Crippen LogP contribution in [0, 0.1) is 0 Å². The minimum Gasteiger partial charge on any atom is -0.221 e. The molecule has 8 heteroatoms. The highest BCUT2D eigenvalue weighted by Gasteiger charge is 2.28. The zero-order chi connectivity index (χ0) is 18.9. The summed E-state index contributed by atoms with van der Waals surface area (Å²) in [7, 11) is -2.53. The van der Waals surface area contributed by atoms with E-state index in [4.69, 9.17) is 55.5 Å². The van der Waals surface area contributed by atoms with Crippen LogP contribution < -0.4 is 9.05 Å². The van der Waals surface area contributed by atoms with Crippen LogP contribution in [0.1, 0.15) is 0 Å². The van der Waals surface area contributed by atoms with Crippen molar-refractivity contribution < 1.29 is 13.6 Å². The zero-order valence-electron chi connectivity index (χ0n) is 13.1. The fraction of sp³-hybridized carbons (Fsp3) is 0. The van der Waals surface area contributed by atoms with Crippen molar-refractivity contribution in [2.24, 2.45) is 0 Å². The number of hydrogen-bond donors (Lipinski definition) is 0. The molecular weight excluding hydrogens is 437 g/mol. The Balaban J connectivity index is 0.000000342. The molecule has 3 nitrogen and oxygen atoms in total. The van der Waals surface area contributed by atoms with Crippen LogP contribution in [0.2, 0.25) is 20.1 Å². The van der Waals surface area contributed by atoms with E-state index in [2.05, 4.69) is 0 Å². The van der Waals surface area contributed by atoms with Gasteiger partial charge in [0, 0.05) is 4.57 Å². The Morgan fingerprint density at radius 1 is 0.577 bits per heavy atom. The number of halogens is 4. The lowest BCUT2D eigenvalue weighted by atomic mass is 10.3. The molecule has 3 rings (SSSR count). The van der Waals surface area contributed by atoms with Gasteiger partial charge in [-0.25, -0.2) is 9.05 Å². The van der Waals surface area contributed by atoms with Gasteiger partial charge in [-0.15, -0.1) is 0 Å². The largest absolute Gasteiger partial charge is 0.805 e. The summed E-state index contributed by atoms with van der Waals surface area (Å²) in [5, 5.41) is 0.873. The molecule has 0 fully saturated rings. The van der Waals surface area contributed by atoms with Gasteiger partial charge in [-0.3, -0.25) is 0 Å². The minimum absolute atomic E-state index is 0.151. The maximum Gasteiger partial charge on any atom is 0.805 e. The normalized spacial score (nSPS) is 9.69. The molecule has 0 unspecified atom stereocenters. The summed E-state index contributed by atoms with van der Waals surface area (Å²) in [6.07, 6.45) is 0. The maximum atomic E-state index is 11.8. The summed E-state index contributed by atoms with van der Waals surface area (Å²) in [5.41, 5.74) is 0. The second kappa shape index (κ2) is 10.6. The molecule has 0 amide bonds. The Morgan fingerprint density at radius 2 is 0.923 bits per heavy atom. The van der Waals surface area contributed by atoms with E-state index in [9.17, 15) is 4.57 Å². The molecule has 3 aromatic rings. The average Bonchev–Trinajstić information content (AvgIpc) is 2.65. The third-order valence-electron chi connectivity index (χ3n) is 2.84. The van der Waals surface area contributed by atoms with Crippen molar-refractivity contribution in [1.29, 1.82) is 0 Å². The van der Waals surface area contributed by atoms with Gasteiger partial charge in [0.1, 0.15) is 10.0 Å². The van der Waals surface area contributed by atoms with Crippen molar-refractivity contribution in [3.8, 4) is 11.5 Å². The molecule has 0 saturated carbocycles. The topological polar surface area (TPSA) is 35.5 Å². The Labute approximate surface area is 172 Å². The first-order valence-corrected chi connectivity index (χ1v) is 9.81. The zero-order valence-corrected chi connectivity index (χ0v) is 17.0. The van der Waals surface area contributed by atoms with E-state index >= 15 is 0 Å². The monoisotopic (exact) mass is 447 g/mol. The van der Waals surface area contributed by atoms with Crippen LogP contribution in [0.5, 0.6) is 11.5 Å². The van der Waals surface area contributed by atoms with E-state index < -0.39 is 8.25 Å². The SMILES string of the molecule is O=[P+](Oc1cccc(Cl)c1Cl)Oc1cccc(Cl)c1Cl.c1ccccc1. The van der Waals surface area contributed by atoms with Crippen molar-refractivity contribution in [3.63, 3.8) is 0 Å². The average molecular weight is 449 g/mol. The van der Waals surface area contributed by atoms with Gasteiger partial charge >= 0.3 is 8.25 Å². The Kier molecular flexibility index (Phi) is 8.50. The third-order valence-corrected chi connectivity index (χ3v) is 5.14. The highest BCUT2D eigenvalue weighted by molar-refractivity contribution is 7.34. The van der Waals surface area contributed by atoms with Crippen LogP contribution in [0.25, 0.3) is 0 Å². The minimum atomic E-state index is -2.53. The molecule has 0 saturated heterocycles. The van der Waals surface area contributed by atoms with Gasteiger partial charge in [0.25, 0.3) is 0 Å². The molecule has 0 spiro atoms. The van der Waals surface area contributed by atoms with E-state index in [1.807, 2.05) is 36.4 Å². The summed E-state index contributed by atoms with van der Waals surface area (Å²) in [5.74, 6) is 0.303. The van der Waals surface area contributed by atoms with Gasteiger partial charge < -0.3 is 0 Å². The molecule has 134 valence electrons. The standard InChI is InChI=1S/C12H6Cl4O3P.C6H6/c13-7-3-1-5-9(11(7)15)18-20(17)19-10-6-2-4-8(14)12(10)16;1-2-4-6-5-3-1/h1-6H;1-6H/q+1;. The molecule has 0 aliphatic heterocycles. The number of hydrogen-bond acceptors (Lipinski definition) is 3. The summed E-state index contributed by atoms with van der Waals surface area (Å²) in [4.78, 5) is 0. The second-order valence-electron chi connectivity index (χ2n) is 4.66. The molecule has 0 aromatic heterocycles. The van der Waals surface area contributed by atoms with Gasteiger partial charge in [0.15, 0.2) is 0 Å². The van der Waals surface area contributed by atoms with Crippen LogP contribution in [-0.2, 0) is 4.57 Å². The predicted molar refractivity (Wildman–Crippen MR) is 108 cm³/mol. The van der Waals surface area contributed by atoms with Crippen LogP contribution in [-0.4, -0.2) is 0 Å². The first-order chi connectivity index (χ1) is 12.5. The fourth-order valence-electron chi connectivity index (χ4n) is 1.67. The number of benzene rings is 3. The molecule has 0 aliphatic rings. The van der Waals surface area contributed by atoms with Crippen molar-refractivity contribution in [2.75, 3.05) is 0 Å². The van der Waals surface area contributed by atoms with Gasteiger partial charge in [0.2, 0.25) is 11.5 Å². The van der Waals surface area contributed by atoms with Crippen molar-refractivity contribution in [2.45, 2.75) is 0 Å². The lowest BCUT2D eigenvalue weighted by Crippen LogP contribution is -1.90. The van der Waals surface area contributed by atoms with E-state index in [1.54, 1.807) is 24.3 Å². The quantitative estimate of drug-likeness (QED) is 0.378. The van der Waals surface area contributed by atoms with E-state index in [0.717, 1.165) is 0 Å². The van der Waals surface area contributed by atoms with E-state index in [0.29, 0.717) is 0 Å². The highest BCUT2D eigenvalue weighted by Crippen LogP contribution is 2.40. The van der Waals surface area contributed by atoms with E-state index in [-0.39, 0.29) is 31.6 Å². The Morgan fingerprint density at radius 3 is 1.27 bits per heavy atom. The third kappa shape index (κ3) is 6.35. The van der Waals surface area contributed by atoms with Crippen molar-refractivity contribution in [3.05, 3.63) is 92.9 Å². The Hall–Kier alpha value is -1.48. The van der Waals surface area contributed by atoms with Gasteiger partial charge in [-0.2, -0.15) is 0 Å². The summed E-state index contributed by atoms with van der Waals surface area (Å²) in [6, 6.07) is 21.4. The second-order valence-corrected chi connectivity index (χ2v) is 7.05. The molecule has 26 heavy (non-hydrogen) atoms. The first kappa shape index (κ1) is 20.8. The first-order valence-electron chi connectivity index (χ1n) is 7.20. The molecule has 0 N–H and O–H groups in total.